The summed E-state index contributed by atoms with van der Waals surface area (Å²) in [6.45, 7) is 4.37. The molecule has 0 radical (unpaired) electrons. The monoisotopic (exact) mass is 279 g/mol. The Bertz CT molecular complexity index is 479. The highest BCUT2D eigenvalue weighted by Gasteiger charge is 2.55. The minimum Gasteiger partial charge on any atom is -0.381 e. The maximum absolute atomic E-state index is 12.6. The first-order valence-electron chi connectivity index (χ1n) is 7.29. The average molecular weight is 279 g/mol. The van der Waals surface area contributed by atoms with E-state index in [0.717, 1.165) is 19.3 Å². The van der Waals surface area contributed by atoms with E-state index in [1.54, 1.807) is 31.1 Å². The van der Waals surface area contributed by atoms with Crippen LogP contribution in [0.25, 0.3) is 0 Å². The molecule has 20 heavy (non-hydrogen) atoms. The summed E-state index contributed by atoms with van der Waals surface area (Å²) in [4.78, 5) is 14.5. The summed E-state index contributed by atoms with van der Waals surface area (Å²) in [5, 5.41) is 4.08. The maximum Gasteiger partial charge on any atom is 0.272 e. The average Bonchev–Trinajstić information content (AvgIpc) is 2.85. The summed E-state index contributed by atoms with van der Waals surface area (Å²) in [5.41, 5.74) is 0.715. The summed E-state index contributed by atoms with van der Waals surface area (Å²) < 4.78 is 7.23. The van der Waals surface area contributed by atoms with Crippen molar-refractivity contribution in [1.82, 2.24) is 14.7 Å². The van der Waals surface area contributed by atoms with E-state index in [2.05, 4.69) is 18.9 Å². The number of hydrogen-bond donors (Lipinski definition) is 0. The van der Waals surface area contributed by atoms with Crippen LogP contribution in [0.15, 0.2) is 12.3 Å². The van der Waals surface area contributed by atoms with E-state index in [9.17, 15) is 4.79 Å². The predicted molar refractivity (Wildman–Crippen MR) is 77.5 cm³/mol. The molecule has 2 unspecified atom stereocenters. The van der Waals surface area contributed by atoms with Crippen LogP contribution in [0.5, 0.6) is 0 Å². The lowest BCUT2D eigenvalue weighted by Crippen LogP contribution is -2.64. The van der Waals surface area contributed by atoms with Crippen molar-refractivity contribution in [2.24, 2.45) is 12.5 Å². The number of nitrogens with zero attached hydrogens (tertiary/aromatic N) is 3. The second kappa shape index (κ2) is 5.56. The zero-order chi connectivity index (χ0) is 14.9. The van der Waals surface area contributed by atoms with Gasteiger partial charge in [-0.25, -0.2) is 0 Å². The molecule has 0 N–H and O–H groups in total. The molecule has 112 valence electrons. The van der Waals surface area contributed by atoms with Crippen LogP contribution in [0.3, 0.4) is 0 Å². The van der Waals surface area contributed by atoms with Crippen LogP contribution in [0.1, 0.15) is 43.6 Å². The van der Waals surface area contributed by atoms with Gasteiger partial charge in [-0.2, -0.15) is 5.10 Å². The molecule has 1 aromatic rings. The van der Waals surface area contributed by atoms with E-state index in [1.807, 2.05) is 11.9 Å². The Hall–Kier alpha value is -1.36. The quantitative estimate of drug-likeness (QED) is 0.829. The van der Waals surface area contributed by atoms with Crippen molar-refractivity contribution in [1.29, 1.82) is 0 Å². The summed E-state index contributed by atoms with van der Waals surface area (Å²) in [5.74, 6) is 0.0378. The van der Waals surface area contributed by atoms with Crippen LogP contribution < -0.4 is 0 Å². The van der Waals surface area contributed by atoms with Crippen molar-refractivity contribution >= 4 is 5.91 Å². The Morgan fingerprint density at radius 2 is 2.20 bits per heavy atom. The Morgan fingerprint density at radius 3 is 2.65 bits per heavy atom. The molecule has 1 amide bonds. The number of aryl methyl sites for hydroxylation is 1. The zero-order valence-electron chi connectivity index (χ0n) is 13.1. The number of aromatic nitrogens is 2. The molecule has 2 rings (SSSR count). The molecule has 1 aromatic heterocycles. The summed E-state index contributed by atoms with van der Waals surface area (Å²) in [6.07, 6.45) is 4.88. The van der Waals surface area contributed by atoms with E-state index in [-0.39, 0.29) is 23.5 Å². The smallest absolute Gasteiger partial charge is 0.272 e. The lowest BCUT2D eigenvalue weighted by atomic mass is 9.58. The Labute approximate surface area is 120 Å². The third kappa shape index (κ3) is 2.04. The van der Waals surface area contributed by atoms with Gasteiger partial charge in [0.15, 0.2) is 0 Å². The Balaban J connectivity index is 2.20. The maximum atomic E-state index is 12.6. The van der Waals surface area contributed by atoms with Gasteiger partial charge in [0.05, 0.1) is 6.10 Å². The molecule has 1 aliphatic carbocycles. The van der Waals surface area contributed by atoms with Gasteiger partial charge < -0.3 is 9.64 Å². The molecule has 0 saturated heterocycles. The van der Waals surface area contributed by atoms with E-state index in [0.29, 0.717) is 5.69 Å². The molecule has 0 spiro atoms. The number of amides is 1. The van der Waals surface area contributed by atoms with Crippen LogP contribution in [0.2, 0.25) is 0 Å². The molecule has 1 aliphatic rings. The van der Waals surface area contributed by atoms with E-state index < -0.39 is 0 Å². The topological polar surface area (TPSA) is 47.4 Å². The van der Waals surface area contributed by atoms with E-state index >= 15 is 0 Å². The first kappa shape index (κ1) is 15.0. The van der Waals surface area contributed by atoms with Crippen LogP contribution in [-0.4, -0.2) is 46.9 Å². The lowest BCUT2D eigenvalue weighted by molar-refractivity contribution is -0.147. The SMILES string of the molecule is CCC1(CC)C(OC)CC1N(C)C(=O)c1ccnn1C. The number of ether oxygens (including phenoxy) is 1. The molecule has 0 aliphatic heterocycles. The molecule has 1 saturated carbocycles. The first-order chi connectivity index (χ1) is 9.51. The number of methoxy groups -OCH3 is 1. The van der Waals surface area contributed by atoms with E-state index in [1.165, 1.54) is 0 Å². The molecule has 0 aromatic carbocycles. The van der Waals surface area contributed by atoms with Crippen molar-refractivity contribution < 1.29 is 9.53 Å². The minimum absolute atomic E-state index is 0.0378. The van der Waals surface area contributed by atoms with Gasteiger partial charge in [-0.15, -0.1) is 0 Å². The largest absolute Gasteiger partial charge is 0.381 e. The summed E-state index contributed by atoms with van der Waals surface area (Å²) >= 11 is 0. The number of hydrogen-bond acceptors (Lipinski definition) is 3. The zero-order valence-corrected chi connectivity index (χ0v) is 13.1. The van der Waals surface area contributed by atoms with Crippen LogP contribution in [0, 0.1) is 5.41 Å². The van der Waals surface area contributed by atoms with Gasteiger partial charge in [0.25, 0.3) is 5.91 Å². The second-order valence-electron chi connectivity index (χ2n) is 5.67. The minimum atomic E-state index is 0.0378. The molecule has 2 atom stereocenters. The number of carbonyl (C=O) groups excluding carboxylic acids is 1. The van der Waals surface area contributed by atoms with Crippen molar-refractivity contribution in [3.8, 4) is 0 Å². The van der Waals surface area contributed by atoms with Gasteiger partial charge in [0, 0.05) is 38.9 Å². The van der Waals surface area contributed by atoms with Gasteiger partial charge in [-0.05, 0) is 25.3 Å². The molecule has 1 heterocycles. The van der Waals surface area contributed by atoms with Gasteiger partial charge >= 0.3 is 0 Å². The van der Waals surface area contributed by atoms with Crippen LogP contribution in [-0.2, 0) is 11.8 Å². The molecular weight excluding hydrogens is 254 g/mol. The lowest BCUT2D eigenvalue weighted by Gasteiger charge is -2.57. The third-order valence-electron chi connectivity index (χ3n) is 5.17. The normalized spacial score (nSPS) is 24.2. The summed E-state index contributed by atoms with van der Waals surface area (Å²) in [7, 11) is 5.46. The van der Waals surface area contributed by atoms with Crippen molar-refractivity contribution in [2.75, 3.05) is 14.2 Å². The highest BCUT2D eigenvalue weighted by Crippen LogP contribution is 2.51. The van der Waals surface area contributed by atoms with Crippen molar-refractivity contribution in [2.45, 2.75) is 45.3 Å². The third-order valence-corrected chi connectivity index (χ3v) is 5.17. The molecule has 1 fully saturated rings. The predicted octanol–water partition coefficient (Wildman–Crippen LogP) is 2.09. The highest BCUT2D eigenvalue weighted by molar-refractivity contribution is 5.92. The first-order valence-corrected chi connectivity index (χ1v) is 7.29. The van der Waals surface area contributed by atoms with Crippen molar-refractivity contribution in [3.63, 3.8) is 0 Å². The molecule has 5 nitrogen and oxygen atoms in total. The van der Waals surface area contributed by atoms with Gasteiger partial charge in [0.2, 0.25) is 0 Å². The number of carbonyl (C=O) groups is 1. The highest BCUT2D eigenvalue weighted by atomic mass is 16.5. The molecule has 0 bridgehead atoms. The second-order valence-corrected chi connectivity index (χ2v) is 5.67. The van der Waals surface area contributed by atoms with Crippen LogP contribution in [0.4, 0.5) is 0 Å². The fourth-order valence-corrected chi connectivity index (χ4v) is 3.68. The van der Waals surface area contributed by atoms with Gasteiger partial charge in [-0.1, -0.05) is 13.8 Å². The Kier molecular flexibility index (Phi) is 4.18. The van der Waals surface area contributed by atoms with Crippen molar-refractivity contribution in [3.05, 3.63) is 18.0 Å². The summed E-state index contributed by atoms with van der Waals surface area (Å²) in [6, 6.07) is 2.01. The van der Waals surface area contributed by atoms with E-state index in [4.69, 9.17) is 4.74 Å². The Morgan fingerprint density at radius 1 is 1.55 bits per heavy atom. The van der Waals surface area contributed by atoms with Gasteiger partial charge in [-0.3, -0.25) is 9.48 Å². The fraction of sp³-hybridized carbons (Fsp3) is 0.733. The fourth-order valence-electron chi connectivity index (χ4n) is 3.68. The van der Waals surface area contributed by atoms with Gasteiger partial charge in [0.1, 0.15) is 5.69 Å². The standard InChI is InChI=1S/C15H25N3O2/c1-6-15(7-2)12(10-13(15)20-5)17(3)14(19)11-8-9-16-18(11)4/h8-9,12-13H,6-7,10H2,1-5H3. The number of rotatable bonds is 5. The molecular formula is C15H25N3O2. The molecule has 5 heteroatoms. The van der Waals surface area contributed by atoms with Crippen LogP contribution >= 0.6 is 0 Å².